The second-order valence-electron chi connectivity index (χ2n) is 4.67. The molecule has 1 aromatic rings. The maximum Gasteiger partial charge on any atom is 0.316 e. The minimum Gasteiger partial charge on any atom is -0.459 e. The van der Waals surface area contributed by atoms with Crippen LogP contribution < -0.4 is 0 Å². The lowest BCUT2D eigenvalue weighted by molar-refractivity contribution is -0.151. The number of hydrogen-bond acceptors (Lipinski definition) is 6. The van der Waals surface area contributed by atoms with Gasteiger partial charge in [0.1, 0.15) is 11.9 Å². The summed E-state index contributed by atoms with van der Waals surface area (Å²) in [6.07, 6.45) is 1.62. The molecule has 0 amide bonds. The Bertz CT molecular complexity index is 387. The van der Waals surface area contributed by atoms with Gasteiger partial charge in [-0.3, -0.25) is 4.79 Å². The predicted molar refractivity (Wildman–Crippen MR) is 68.5 cm³/mol. The van der Waals surface area contributed by atoms with Gasteiger partial charge < -0.3 is 14.0 Å². The van der Waals surface area contributed by atoms with Gasteiger partial charge in [0, 0.05) is 13.7 Å². The fourth-order valence-electron chi connectivity index (χ4n) is 1.19. The van der Waals surface area contributed by atoms with Gasteiger partial charge in [-0.15, -0.1) is 10.2 Å². The van der Waals surface area contributed by atoms with Crippen LogP contribution in [0.5, 0.6) is 0 Å². The fraction of sp³-hybridized carbons (Fsp3) is 0.727. The molecule has 0 fully saturated rings. The molecule has 0 radical (unpaired) electrons. The Hall–Kier alpha value is -1.08. The summed E-state index contributed by atoms with van der Waals surface area (Å²) in [6.45, 7) is 6.78. The zero-order chi connectivity index (χ0) is 13.6. The smallest absolute Gasteiger partial charge is 0.316 e. The predicted octanol–water partition coefficient (Wildman–Crippen LogP) is 1.36. The summed E-state index contributed by atoms with van der Waals surface area (Å²) in [5, 5.41) is 8.45. The number of aromatic nitrogens is 3. The van der Waals surface area contributed by atoms with Gasteiger partial charge in [-0.05, 0) is 20.8 Å². The highest BCUT2D eigenvalue weighted by atomic mass is 32.2. The third kappa shape index (κ3) is 5.50. The van der Waals surface area contributed by atoms with Crippen molar-refractivity contribution in [3.05, 3.63) is 6.33 Å². The van der Waals surface area contributed by atoms with Crippen LogP contribution >= 0.6 is 11.8 Å². The van der Waals surface area contributed by atoms with Crippen LogP contribution in [0.15, 0.2) is 11.5 Å². The van der Waals surface area contributed by atoms with Crippen LogP contribution in [-0.4, -0.2) is 45.8 Å². The number of thioether (sulfide) groups is 1. The minimum absolute atomic E-state index is 0.225. The summed E-state index contributed by atoms with van der Waals surface area (Å²) >= 11 is 1.31. The molecule has 102 valence electrons. The van der Waals surface area contributed by atoms with Crippen molar-refractivity contribution in [3.63, 3.8) is 0 Å². The monoisotopic (exact) mass is 273 g/mol. The summed E-state index contributed by atoms with van der Waals surface area (Å²) in [6, 6.07) is 0. The van der Waals surface area contributed by atoms with Gasteiger partial charge in [-0.2, -0.15) is 0 Å². The van der Waals surface area contributed by atoms with Gasteiger partial charge >= 0.3 is 5.97 Å². The zero-order valence-corrected chi connectivity index (χ0v) is 12.0. The highest BCUT2D eigenvalue weighted by Crippen LogP contribution is 2.16. The number of rotatable bonds is 6. The number of hydrogen-bond donors (Lipinski definition) is 0. The summed E-state index contributed by atoms with van der Waals surface area (Å²) in [5.74, 6) is -0.0306. The van der Waals surface area contributed by atoms with Crippen molar-refractivity contribution in [1.29, 1.82) is 0 Å². The lowest BCUT2D eigenvalue weighted by Crippen LogP contribution is -2.25. The largest absolute Gasteiger partial charge is 0.459 e. The molecule has 0 saturated carbocycles. The van der Waals surface area contributed by atoms with E-state index in [1.807, 2.05) is 25.3 Å². The zero-order valence-electron chi connectivity index (χ0n) is 11.2. The van der Waals surface area contributed by atoms with E-state index in [1.54, 1.807) is 13.4 Å². The SMILES string of the molecule is COCCn1cnnc1SCC(=O)OC(C)(C)C. The van der Waals surface area contributed by atoms with Crippen LogP contribution in [0, 0.1) is 0 Å². The van der Waals surface area contributed by atoms with Crippen LogP contribution in [0.3, 0.4) is 0 Å². The first kappa shape index (κ1) is 15.0. The molecule has 0 aliphatic heterocycles. The first-order valence-electron chi connectivity index (χ1n) is 5.64. The third-order valence-corrected chi connectivity index (χ3v) is 2.81. The standard InChI is InChI=1S/C11H19N3O3S/c1-11(2,3)17-9(15)7-18-10-13-12-8-14(10)5-6-16-4/h8H,5-7H2,1-4H3. The lowest BCUT2D eigenvalue weighted by atomic mass is 10.2. The fourth-order valence-corrected chi connectivity index (χ4v) is 1.91. The van der Waals surface area contributed by atoms with Gasteiger partial charge in [0.15, 0.2) is 5.16 Å². The molecule has 7 heteroatoms. The molecule has 0 N–H and O–H groups in total. The lowest BCUT2D eigenvalue weighted by Gasteiger charge is -2.19. The van der Waals surface area contributed by atoms with E-state index in [9.17, 15) is 4.79 Å². The molecule has 1 heterocycles. The van der Waals surface area contributed by atoms with E-state index in [2.05, 4.69) is 10.2 Å². The van der Waals surface area contributed by atoms with Gasteiger partial charge in [0.2, 0.25) is 0 Å². The highest BCUT2D eigenvalue weighted by Gasteiger charge is 2.17. The van der Waals surface area contributed by atoms with E-state index in [0.29, 0.717) is 18.3 Å². The van der Waals surface area contributed by atoms with Gasteiger partial charge in [-0.1, -0.05) is 11.8 Å². The molecule has 0 spiro atoms. The second kappa shape index (κ2) is 6.75. The van der Waals surface area contributed by atoms with E-state index in [-0.39, 0.29) is 11.7 Å². The van der Waals surface area contributed by atoms with E-state index in [4.69, 9.17) is 9.47 Å². The van der Waals surface area contributed by atoms with Crippen molar-refractivity contribution >= 4 is 17.7 Å². The van der Waals surface area contributed by atoms with Crippen LogP contribution in [0.1, 0.15) is 20.8 Å². The number of carbonyl (C=O) groups is 1. The molecule has 0 aromatic carbocycles. The molecule has 1 aromatic heterocycles. The molecule has 18 heavy (non-hydrogen) atoms. The first-order chi connectivity index (χ1) is 8.42. The second-order valence-corrected chi connectivity index (χ2v) is 5.62. The van der Waals surface area contributed by atoms with E-state index in [1.165, 1.54) is 11.8 Å². The Kier molecular flexibility index (Phi) is 5.61. The van der Waals surface area contributed by atoms with Crippen molar-refractivity contribution in [2.75, 3.05) is 19.5 Å². The highest BCUT2D eigenvalue weighted by molar-refractivity contribution is 7.99. The van der Waals surface area contributed by atoms with Crippen LogP contribution in [0.2, 0.25) is 0 Å². The van der Waals surface area contributed by atoms with Crippen LogP contribution in [-0.2, 0) is 20.8 Å². The van der Waals surface area contributed by atoms with E-state index >= 15 is 0 Å². The molecular weight excluding hydrogens is 254 g/mol. The Morgan fingerprint density at radius 2 is 2.22 bits per heavy atom. The average Bonchev–Trinajstić information content (AvgIpc) is 2.68. The van der Waals surface area contributed by atoms with Crippen LogP contribution in [0.25, 0.3) is 0 Å². The first-order valence-corrected chi connectivity index (χ1v) is 6.62. The minimum atomic E-state index is -0.457. The summed E-state index contributed by atoms with van der Waals surface area (Å²) in [4.78, 5) is 11.6. The summed E-state index contributed by atoms with van der Waals surface area (Å²) in [5.41, 5.74) is -0.457. The quantitative estimate of drug-likeness (QED) is 0.576. The van der Waals surface area contributed by atoms with Crippen molar-refractivity contribution in [1.82, 2.24) is 14.8 Å². The number of ether oxygens (including phenoxy) is 2. The Balaban J connectivity index is 2.43. The van der Waals surface area contributed by atoms with Crippen molar-refractivity contribution < 1.29 is 14.3 Å². The molecule has 0 aliphatic carbocycles. The molecule has 0 unspecified atom stereocenters. The number of methoxy groups -OCH3 is 1. The van der Waals surface area contributed by atoms with Crippen LogP contribution in [0.4, 0.5) is 0 Å². The van der Waals surface area contributed by atoms with E-state index in [0.717, 1.165) is 0 Å². The molecule has 0 aliphatic rings. The summed E-state index contributed by atoms with van der Waals surface area (Å²) < 4.78 is 12.0. The number of nitrogens with zero attached hydrogens (tertiary/aromatic N) is 3. The van der Waals surface area contributed by atoms with Gasteiger partial charge in [-0.25, -0.2) is 0 Å². The van der Waals surface area contributed by atoms with E-state index < -0.39 is 5.60 Å². The molecule has 6 nitrogen and oxygen atoms in total. The number of esters is 1. The molecule has 1 rings (SSSR count). The molecule has 0 saturated heterocycles. The van der Waals surface area contributed by atoms with Crippen molar-refractivity contribution in [2.24, 2.45) is 0 Å². The normalized spacial score (nSPS) is 11.6. The number of carbonyl (C=O) groups excluding carboxylic acids is 1. The maximum atomic E-state index is 11.6. The molecule has 0 bridgehead atoms. The maximum absolute atomic E-state index is 11.6. The average molecular weight is 273 g/mol. The summed E-state index contributed by atoms with van der Waals surface area (Å²) in [7, 11) is 1.64. The van der Waals surface area contributed by atoms with Gasteiger partial charge in [0.05, 0.1) is 12.4 Å². The van der Waals surface area contributed by atoms with Crippen molar-refractivity contribution in [2.45, 2.75) is 38.1 Å². The molecule has 0 atom stereocenters. The Morgan fingerprint density at radius 1 is 1.50 bits per heavy atom. The Morgan fingerprint density at radius 3 is 2.83 bits per heavy atom. The van der Waals surface area contributed by atoms with Crippen molar-refractivity contribution in [3.8, 4) is 0 Å². The van der Waals surface area contributed by atoms with Gasteiger partial charge in [0.25, 0.3) is 0 Å². The topological polar surface area (TPSA) is 66.2 Å². The Labute approximate surface area is 111 Å². The molecular formula is C11H19N3O3S. The third-order valence-electron chi connectivity index (χ3n) is 1.86.